The Balaban J connectivity index is 2.60. The van der Waals surface area contributed by atoms with Gasteiger partial charge in [0.1, 0.15) is 0 Å². The fourth-order valence-corrected chi connectivity index (χ4v) is 2.01. The van der Waals surface area contributed by atoms with Crippen molar-refractivity contribution in [3.63, 3.8) is 0 Å². The van der Waals surface area contributed by atoms with E-state index in [1.807, 2.05) is 12.1 Å². The Hall–Kier alpha value is -0.400. The molecule has 0 atom stereocenters. The zero-order valence-corrected chi connectivity index (χ0v) is 8.28. The van der Waals surface area contributed by atoms with Gasteiger partial charge in [-0.05, 0) is 24.1 Å². The minimum atomic E-state index is 0.658. The second kappa shape index (κ2) is 2.82. The first kappa shape index (κ1) is 8.21. The van der Waals surface area contributed by atoms with Crippen molar-refractivity contribution in [2.45, 2.75) is 6.42 Å². The quantitative estimate of drug-likeness (QED) is 0.625. The van der Waals surface area contributed by atoms with Crippen LogP contribution in [0.15, 0.2) is 12.1 Å². The number of fused-ring (bicyclic) bond motifs is 1. The maximum absolute atomic E-state index is 6.05. The van der Waals surface area contributed by atoms with E-state index in [1.54, 1.807) is 0 Å². The molecule has 12 heavy (non-hydrogen) atoms. The number of hydrogen-bond donors (Lipinski definition) is 0. The van der Waals surface area contributed by atoms with Crippen LogP contribution in [0.1, 0.15) is 5.56 Å². The van der Waals surface area contributed by atoms with Crippen LogP contribution in [0.25, 0.3) is 0 Å². The Morgan fingerprint density at radius 1 is 1.33 bits per heavy atom. The van der Waals surface area contributed by atoms with E-state index in [1.165, 1.54) is 11.3 Å². The van der Waals surface area contributed by atoms with Gasteiger partial charge in [0, 0.05) is 19.3 Å². The number of hydrogen-bond acceptors (Lipinski definition) is 1. The molecule has 0 spiro atoms. The molecule has 64 valence electrons. The zero-order chi connectivity index (χ0) is 8.72. The summed E-state index contributed by atoms with van der Waals surface area (Å²) >= 11 is 11.9. The number of nitrogens with zero attached hydrogens (tertiary/aromatic N) is 1. The molecule has 1 aliphatic heterocycles. The first-order valence-electron chi connectivity index (χ1n) is 3.88. The lowest BCUT2D eigenvalue weighted by Crippen LogP contribution is -2.12. The van der Waals surface area contributed by atoms with Crippen molar-refractivity contribution >= 4 is 28.9 Å². The average Bonchev–Trinajstić information content (AvgIpc) is 2.41. The predicted molar refractivity (Wildman–Crippen MR) is 53.4 cm³/mol. The molecule has 0 aromatic heterocycles. The molecule has 0 fully saturated rings. The third kappa shape index (κ3) is 1.08. The second-order valence-electron chi connectivity index (χ2n) is 3.03. The minimum Gasteiger partial charge on any atom is -0.374 e. The summed E-state index contributed by atoms with van der Waals surface area (Å²) in [5.41, 5.74) is 2.40. The highest BCUT2D eigenvalue weighted by Crippen LogP contribution is 2.36. The molecule has 1 aromatic carbocycles. The molecule has 0 unspecified atom stereocenters. The molecular weight excluding hydrogens is 193 g/mol. The Kier molecular flexibility index (Phi) is 1.93. The summed E-state index contributed by atoms with van der Waals surface area (Å²) in [5, 5.41) is 1.38. The Labute approximate surface area is 81.9 Å². The fourth-order valence-electron chi connectivity index (χ4n) is 1.58. The van der Waals surface area contributed by atoms with Crippen LogP contribution >= 0.6 is 23.2 Å². The summed E-state index contributed by atoms with van der Waals surface area (Å²) in [6.45, 7) is 1.04. The molecule has 2 rings (SSSR count). The third-order valence-electron chi connectivity index (χ3n) is 2.28. The molecule has 1 aliphatic rings. The zero-order valence-electron chi connectivity index (χ0n) is 6.77. The Morgan fingerprint density at radius 2 is 2.08 bits per heavy atom. The van der Waals surface area contributed by atoms with E-state index in [4.69, 9.17) is 23.2 Å². The normalized spacial score (nSPS) is 15.1. The summed E-state index contributed by atoms with van der Waals surface area (Å²) in [5.74, 6) is 0. The standard InChI is InChI=1S/C9H9Cl2N/c1-12-5-4-6-8(12)3-2-7(10)9(6)11/h2-3H,4-5H2,1H3. The molecule has 0 bridgehead atoms. The van der Waals surface area contributed by atoms with Crippen LogP contribution in [0.4, 0.5) is 5.69 Å². The van der Waals surface area contributed by atoms with Gasteiger partial charge >= 0.3 is 0 Å². The van der Waals surface area contributed by atoms with E-state index in [0.717, 1.165) is 18.0 Å². The van der Waals surface area contributed by atoms with Gasteiger partial charge in [0.2, 0.25) is 0 Å². The van der Waals surface area contributed by atoms with Crippen LogP contribution in [-0.4, -0.2) is 13.6 Å². The van der Waals surface area contributed by atoms with Crippen molar-refractivity contribution in [1.29, 1.82) is 0 Å². The highest BCUT2D eigenvalue weighted by molar-refractivity contribution is 6.42. The van der Waals surface area contributed by atoms with Gasteiger partial charge < -0.3 is 4.90 Å². The lowest BCUT2D eigenvalue weighted by Gasteiger charge is -2.11. The summed E-state index contributed by atoms with van der Waals surface area (Å²) in [7, 11) is 2.07. The summed E-state index contributed by atoms with van der Waals surface area (Å²) < 4.78 is 0. The molecule has 0 N–H and O–H groups in total. The third-order valence-corrected chi connectivity index (χ3v) is 3.12. The van der Waals surface area contributed by atoms with E-state index >= 15 is 0 Å². The van der Waals surface area contributed by atoms with Crippen LogP contribution in [-0.2, 0) is 6.42 Å². The van der Waals surface area contributed by atoms with Gasteiger partial charge in [-0.25, -0.2) is 0 Å². The molecule has 0 aliphatic carbocycles. The van der Waals surface area contributed by atoms with Gasteiger partial charge in [-0.3, -0.25) is 0 Å². The van der Waals surface area contributed by atoms with Crippen LogP contribution in [0.5, 0.6) is 0 Å². The van der Waals surface area contributed by atoms with Crippen molar-refractivity contribution in [2.24, 2.45) is 0 Å². The van der Waals surface area contributed by atoms with Crippen molar-refractivity contribution in [3.05, 3.63) is 27.7 Å². The van der Waals surface area contributed by atoms with Crippen molar-refractivity contribution in [3.8, 4) is 0 Å². The number of anilines is 1. The van der Waals surface area contributed by atoms with Gasteiger partial charge in [-0.15, -0.1) is 0 Å². The second-order valence-corrected chi connectivity index (χ2v) is 3.82. The van der Waals surface area contributed by atoms with Crippen LogP contribution in [0.3, 0.4) is 0 Å². The Morgan fingerprint density at radius 3 is 2.83 bits per heavy atom. The molecule has 0 saturated carbocycles. The van der Waals surface area contributed by atoms with Crippen molar-refractivity contribution < 1.29 is 0 Å². The van der Waals surface area contributed by atoms with Crippen molar-refractivity contribution in [2.75, 3.05) is 18.5 Å². The molecule has 0 saturated heterocycles. The number of likely N-dealkylation sites (N-methyl/N-ethyl adjacent to an activating group) is 1. The topological polar surface area (TPSA) is 3.24 Å². The van der Waals surface area contributed by atoms with E-state index < -0.39 is 0 Å². The van der Waals surface area contributed by atoms with E-state index in [-0.39, 0.29) is 0 Å². The molecular formula is C9H9Cl2N. The van der Waals surface area contributed by atoms with Crippen LogP contribution in [0, 0.1) is 0 Å². The maximum atomic E-state index is 6.05. The number of rotatable bonds is 0. The van der Waals surface area contributed by atoms with Crippen LogP contribution < -0.4 is 4.90 Å². The highest BCUT2D eigenvalue weighted by Gasteiger charge is 2.19. The monoisotopic (exact) mass is 201 g/mol. The molecule has 1 aromatic rings. The van der Waals surface area contributed by atoms with Gasteiger partial charge in [-0.2, -0.15) is 0 Å². The van der Waals surface area contributed by atoms with E-state index in [0.29, 0.717) is 5.02 Å². The lowest BCUT2D eigenvalue weighted by molar-refractivity contribution is 0.956. The smallest absolute Gasteiger partial charge is 0.0645 e. The highest BCUT2D eigenvalue weighted by atomic mass is 35.5. The molecule has 0 amide bonds. The number of benzene rings is 1. The average molecular weight is 202 g/mol. The summed E-state index contributed by atoms with van der Waals surface area (Å²) in [6, 6.07) is 3.88. The minimum absolute atomic E-state index is 0.658. The fraction of sp³-hybridized carbons (Fsp3) is 0.333. The van der Waals surface area contributed by atoms with Gasteiger partial charge in [0.05, 0.1) is 10.0 Å². The maximum Gasteiger partial charge on any atom is 0.0645 e. The van der Waals surface area contributed by atoms with Gasteiger partial charge in [-0.1, -0.05) is 23.2 Å². The van der Waals surface area contributed by atoms with Gasteiger partial charge in [0.15, 0.2) is 0 Å². The summed E-state index contributed by atoms with van der Waals surface area (Å²) in [4.78, 5) is 2.19. The van der Waals surface area contributed by atoms with Crippen molar-refractivity contribution in [1.82, 2.24) is 0 Å². The number of halogens is 2. The van der Waals surface area contributed by atoms with E-state index in [2.05, 4.69) is 11.9 Å². The first-order valence-corrected chi connectivity index (χ1v) is 4.64. The van der Waals surface area contributed by atoms with Crippen LogP contribution in [0.2, 0.25) is 10.0 Å². The molecule has 0 radical (unpaired) electrons. The molecule has 1 heterocycles. The van der Waals surface area contributed by atoms with Gasteiger partial charge in [0.25, 0.3) is 0 Å². The molecule has 3 heteroatoms. The largest absolute Gasteiger partial charge is 0.374 e. The Bertz CT molecular complexity index is 323. The van der Waals surface area contributed by atoms with E-state index in [9.17, 15) is 0 Å². The predicted octanol–water partition coefficient (Wildman–Crippen LogP) is 2.99. The molecule has 1 nitrogen and oxygen atoms in total. The lowest BCUT2D eigenvalue weighted by atomic mass is 10.2. The first-order chi connectivity index (χ1) is 5.70. The summed E-state index contributed by atoms with van der Waals surface area (Å²) in [6.07, 6.45) is 1.01. The SMILES string of the molecule is CN1CCc2c1ccc(Cl)c2Cl.